The van der Waals surface area contributed by atoms with E-state index in [-0.39, 0.29) is 6.04 Å². The zero-order valence-electron chi connectivity index (χ0n) is 14.7. The van der Waals surface area contributed by atoms with E-state index in [1.54, 1.807) is 0 Å². The Morgan fingerprint density at radius 3 is 2.67 bits per heavy atom. The summed E-state index contributed by atoms with van der Waals surface area (Å²) in [7, 11) is 0. The topological polar surface area (TPSA) is 45.1 Å². The van der Waals surface area contributed by atoms with E-state index in [0.717, 1.165) is 24.7 Å². The Hall–Kier alpha value is -2.07. The molecule has 0 saturated carbocycles. The highest BCUT2D eigenvalue weighted by Crippen LogP contribution is 2.37. The van der Waals surface area contributed by atoms with Crippen LogP contribution in [0.3, 0.4) is 0 Å². The van der Waals surface area contributed by atoms with Crippen LogP contribution in [0.4, 0.5) is 0 Å². The van der Waals surface area contributed by atoms with Crippen molar-refractivity contribution >= 4 is 10.9 Å². The number of nitrogens with zero attached hydrogens (tertiary/aromatic N) is 2. The van der Waals surface area contributed by atoms with E-state index in [9.17, 15) is 0 Å². The van der Waals surface area contributed by atoms with Gasteiger partial charge in [0.1, 0.15) is 5.76 Å². The fourth-order valence-corrected chi connectivity index (χ4v) is 4.12. The summed E-state index contributed by atoms with van der Waals surface area (Å²) in [5.41, 5.74) is 4.10. The molecule has 1 atom stereocenters. The number of oxazole rings is 1. The molecule has 1 saturated heterocycles. The van der Waals surface area contributed by atoms with Gasteiger partial charge in [-0.05, 0) is 64.3 Å². The normalized spacial score (nSPS) is 18.3. The Morgan fingerprint density at radius 1 is 1.21 bits per heavy atom. The number of H-pyrrole nitrogens is 1. The van der Waals surface area contributed by atoms with Crippen molar-refractivity contribution < 1.29 is 4.42 Å². The van der Waals surface area contributed by atoms with Crippen LogP contribution in [0.2, 0.25) is 0 Å². The minimum atomic E-state index is 0.253. The van der Waals surface area contributed by atoms with Crippen LogP contribution in [-0.2, 0) is 0 Å². The van der Waals surface area contributed by atoms with Crippen LogP contribution in [0.5, 0.6) is 0 Å². The SMILES string of the molecule is Cc1cnc([C@@H](C)N2CCC(c3c(C)[nH]c4ccccc34)CC2)o1. The molecule has 0 amide bonds. The Balaban J connectivity index is 1.50. The van der Waals surface area contributed by atoms with Gasteiger partial charge in [0, 0.05) is 16.6 Å². The first-order chi connectivity index (χ1) is 11.6. The predicted molar refractivity (Wildman–Crippen MR) is 96.2 cm³/mol. The molecule has 126 valence electrons. The van der Waals surface area contributed by atoms with Gasteiger partial charge in [-0.15, -0.1) is 0 Å². The van der Waals surface area contributed by atoms with Crippen LogP contribution in [0.25, 0.3) is 10.9 Å². The van der Waals surface area contributed by atoms with E-state index >= 15 is 0 Å². The summed E-state index contributed by atoms with van der Waals surface area (Å²) >= 11 is 0. The molecule has 4 heteroatoms. The summed E-state index contributed by atoms with van der Waals surface area (Å²) < 4.78 is 5.72. The van der Waals surface area contributed by atoms with Gasteiger partial charge in [-0.25, -0.2) is 4.98 Å². The third kappa shape index (κ3) is 2.65. The second-order valence-electron chi connectivity index (χ2n) is 7.00. The van der Waals surface area contributed by atoms with Crippen LogP contribution in [-0.4, -0.2) is 28.0 Å². The number of hydrogen-bond donors (Lipinski definition) is 1. The second kappa shape index (κ2) is 6.10. The quantitative estimate of drug-likeness (QED) is 0.759. The molecule has 3 heterocycles. The molecule has 1 aromatic carbocycles. The van der Waals surface area contributed by atoms with Crippen LogP contribution in [0.15, 0.2) is 34.9 Å². The number of likely N-dealkylation sites (tertiary alicyclic amines) is 1. The van der Waals surface area contributed by atoms with Crippen LogP contribution in [0.1, 0.15) is 54.6 Å². The minimum absolute atomic E-state index is 0.253. The van der Waals surface area contributed by atoms with Crippen molar-refractivity contribution in [2.45, 2.75) is 45.6 Å². The summed E-state index contributed by atoms with van der Waals surface area (Å²) in [6.45, 7) is 8.54. The van der Waals surface area contributed by atoms with Crippen molar-refractivity contribution in [3.63, 3.8) is 0 Å². The molecule has 0 unspecified atom stereocenters. The third-order valence-electron chi connectivity index (χ3n) is 5.43. The number of rotatable bonds is 3. The summed E-state index contributed by atoms with van der Waals surface area (Å²) in [6, 6.07) is 8.92. The lowest BCUT2D eigenvalue weighted by Crippen LogP contribution is -2.35. The molecule has 3 aromatic rings. The number of hydrogen-bond acceptors (Lipinski definition) is 3. The van der Waals surface area contributed by atoms with Gasteiger partial charge < -0.3 is 9.40 Å². The average Bonchev–Trinajstić information content (AvgIpc) is 3.17. The van der Waals surface area contributed by atoms with Gasteiger partial charge in [-0.3, -0.25) is 4.90 Å². The maximum Gasteiger partial charge on any atom is 0.211 e. The molecule has 4 rings (SSSR count). The number of fused-ring (bicyclic) bond motifs is 1. The van der Waals surface area contributed by atoms with Gasteiger partial charge in [-0.2, -0.15) is 0 Å². The van der Waals surface area contributed by atoms with Gasteiger partial charge in [0.25, 0.3) is 0 Å². The Bertz CT molecular complexity index is 840. The second-order valence-corrected chi connectivity index (χ2v) is 7.00. The minimum Gasteiger partial charge on any atom is -0.444 e. The van der Waals surface area contributed by atoms with Crippen molar-refractivity contribution in [2.75, 3.05) is 13.1 Å². The van der Waals surface area contributed by atoms with Crippen LogP contribution in [0, 0.1) is 13.8 Å². The number of aryl methyl sites for hydroxylation is 2. The lowest BCUT2D eigenvalue weighted by molar-refractivity contribution is 0.142. The maximum atomic E-state index is 5.72. The molecular formula is C20H25N3O. The molecule has 0 spiro atoms. The fourth-order valence-electron chi connectivity index (χ4n) is 4.12. The first-order valence-electron chi connectivity index (χ1n) is 8.87. The Morgan fingerprint density at radius 2 is 1.96 bits per heavy atom. The van der Waals surface area contributed by atoms with E-state index in [1.807, 2.05) is 13.1 Å². The van der Waals surface area contributed by atoms with E-state index < -0.39 is 0 Å². The highest BCUT2D eigenvalue weighted by molar-refractivity contribution is 5.85. The number of aromatic amines is 1. The van der Waals surface area contributed by atoms with Crippen LogP contribution >= 0.6 is 0 Å². The standard InChI is InChI=1S/C20H25N3O/c1-13-12-21-20(24-13)15(3)23-10-8-16(9-11-23)19-14(2)22-18-7-5-4-6-17(18)19/h4-7,12,15-16,22H,8-11H2,1-3H3/t15-/m1/s1. The fraction of sp³-hybridized carbons (Fsp3) is 0.450. The van der Waals surface area contributed by atoms with Crippen molar-refractivity contribution in [3.8, 4) is 0 Å². The van der Waals surface area contributed by atoms with E-state index in [0.29, 0.717) is 5.92 Å². The smallest absolute Gasteiger partial charge is 0.211 e. The van der Waals surface area contributed by atoms with E-state index in [4.69, 9.17) is 4.42 Å². The van der Waals surface area contributed by atoms with E-state index in [1.165, 1.54) is 35.0 Å². The highest BCUT2D eigenvalue weighted by Gasteiger charge is 2.28. The van der Waals surface area contributed by atoms with Gasteiger partial charge in [0.05, 0.1) is 12.2 Å². The summed E-state index contributed by atoms with van der Waals surface area (Å²) in [5, 5.41) is 1.39. The monoisotopic (exact) mass is 323 g/mol. The van der Waals surface area contributed by atoms with Gasteiger partial charge in [0.15, 0.2) is 0 Å². The molecule has 0 aliphatic carbocycles. The lowest BCUT2D eigenvalue weighted by Gasteiger charge is -2.35. The number of aromatic nitrogens is 2. The number of benzene rings is 1. The molecule has 1 N–H and O–H groups in total. The largest absolute Gasteiger partial charge is 0.444 e. The van der Waals surface area contributed by atoms with E-state index in [2.05, 4.69) is 53.0 Å². The summed E-state index contributed by atoms with van der Waals surface area (Å²) in [5.74, 6) is 2.37. The zero-order chi connectivity index (χ0) is 16.7. The molecule has 0 bridgehead atoms. The van der Waals surface area contributed by atoms with Gasteiger partial charge in [0.2, 0.25) is 5.89 Å². The molecule has 0 radical (unpaired) electrons. The zero-order valence-corrected chi connectivity index (χ0v) is 14.7. The molecular weight excluding hydrogens is 298 g/mol. The van der Waals surface area contributed by atoms with Crippen LogP contribution < -0.4 is 0 Å². The van der Waals surface area contributed by atoms with Crippen molar-refractivity contribution in [3.05, 3.63) is 53.4 Å². The summed E-state index contributed by atoms with van der Waals surface area (Å²) in [6.07, 6.45) is 4.19. The summed E-state index contributed by atoms with van der Waals surface area (Å²) in [4.78, 5) is 10.4. The van der Waals surface area contributed by atoms with Gasteiger partial charge >= 0.3 is 0 Å². The first kappa shape index (κ1) is 15.5. The van der Waals surface area contributed by atoms with Crippen molar-refractivity contribution in [2.24, 2.45) is 0 Å². The molecule has 24 heavy (non-hydrogen) atoms. The Labute approximate surface area is 142 Å². The predicted octanol–water partition coefficient (Wildman–Crippen LogP) is 4.71. The first-order valence-corrected chi connectivity index (χ1v) is 8.87. The molecule has 1 fully saturated rings. The average molecular weight is 323 g/mol. The molecule has 1 aliphatic heterocycles. The van der Waals surface area contributed by atoms with Crippen molar-refractivity contribution in [1.82, 2.24) is 14.9 Å². The van der Waals surface area contributed by atoms with Crippen molar-refractivity contribution in [1.29, 1.82) is 0 Å². The number of piperidine rings is 1. The maximum absolute atomic E-state index is 5.72. The third-order valence-corrected chi connectivity index (χ3v) is 5.43. The number of nitrogens with one attached hydrogen (secondary N) is 1. The molecule has 2 aromatic heterocycles. The van der Waals surface area contributed by atoms with Gasteiger partial charge in [-0.1, -0.05) is 18.2 Å². The molecule has 1 aliphatic rings. The molecule has 4 nitrogen and oxygen atoms in total. The Kier molecular flexibility index (Phi) is 3.93. The number of para-hydroxylation sites is 1. The lowest BCUT2D eigenvalue weighted by atomic mass is 9.87. The highest BCUT2D eigenvalue weighted by atomic mass is 16.4.